The first-order valence-corrected chi connectivity index (χ1v) is 6.42. The zero-order chi connectivity index (χ0) is 13.7. The summed E-state index contributed by atoms with van der Waals surface area (Å²) in [4.78, 5) is 12.0. The van der Waals surface area contributed by atoms with Gasteiger partial charge in [0.25, 0.3) is 0 Å². The maximum absolute atomic E-state index is 9.97. The molecule has 0 amide bonds. The summed E-state index contributed by atoms with van der Waals surface area (Å²) in [7, 11) is 0. The molecule has 2 atom stereocenters. The van der Waals surface area contributed by atoms with Crippen molar-refractivity contribution in [3.8, 4) is 0 Å². The van der Waals surface area contributed by atoms with E-state index in [2.05, 4.69) is 15.0 Å². The molecule has 100 valence electrons. The number of fused-ring (bicyclic) bond motifs is 1. The van der Waals surface area contributed by atoms with Crippen LogP contribution in [0.3, 0.4) is 0 Å². The van der Waals surface area contributed by atoms with E-state index in [0.29, 0.717) is 17.6 Å². The molecule has 2 aromatic rings. The van der Waals surface area contributed by atoms with E-state index < -0.39 is 6.04 Å². The molecule has 1 aliphatic rings. The van der Waals surface area contributed by atoms with E-state index in [4.69, 9.17) is 23.2 Å². The van der Waals surface area contributed by atoms with Crippen LogP contribution in [0.4, 0.5) is 0 Å². The molecule has 2 aromatic heterocycles. The Balaban J connectivity index is 2.18. The van der Waals surface area contributed by atoms with Crippen molar-refractivity contribution in [2.45, 2.75) is 19.4 Å². The molecular weight excluding hydrogens is 291 g/mol. The van der Waals surface area contributed by atoms with Gasteiger partial charge in [-0.15, -0.1) is 0 Å². The van der Waals surface area contributed by atoms with Crippen LogP contribution >= 0.6 is 23.2 Å². The van der Waals surface area contributed by atoms with E-state index in [1.165, 1.54) is 6.33 Å². The minimum atomic E-state index is -0.415. The van der Waals surface area contributed by atoms with Gasteiger partial charge in [-0.1, -0.05) is 18.5 Å². The first-order chi connectivity index (χ1) is 8.99. The SMILES string of the molecule is C[C@H]1C[C@@H](n2cnc3c(Cl)nc(Cl)nc32)C(O)=C1O. The van der Waals surface area contributed by atoms with E-state index in [1.807, 2.05) is 6.92 Å². The smallest absolute Gasteiger partial charge is 0.225 e. The second-order valence-electron chi connectivity index (χ2n) is 4.53. The van der Waals surface area contributed by atoms with Gasteiger partial charge < -0.3 is 14.8 Å². The summed E-state index contributed by atoms with van der Waals surface area (Å²) in [6.45, 7) is 1.83. The maximum atomic E-state index is 9.97. The molecule has 0 saturated heterocycles. The van der Waals surface area contributed by atoms with E-state index >= 15 is 0 Å². The van der Waals surface area contributed by atoms with E-state index in [-0.39, 0.29) is 27.9 Å². The Labute approximate surface area is 118 Å². The molecule has 0 radical (unpaired) electrons. The van der Waals surface area contributed by atoms with Crippen molar-refractivity contribution < 1.29 is 10.2 Å². The molecule has 0 spiro atoms. The van der Waals surface area contributed by atoms with Gasteiger partial charge in [-0.25, -0.2) is 9.97 Å². The second kappa shape index (κ2) is 4.25. The van der Waals surface area contributed by atoms with Crippen LogP contribution in [0.1, 0.15) is 19.4 Å². The third-order valence-corrected chi connectivity index (χ3v) is 3.74. The number of nitrogens with zero attached hydrogens (tertiary/aromatic N) is 4. The minimum absolute atomic E-state index is 0.00176. The largest absolute Gasteiger partial charge is 0.508 e. The van der Waals surface area contributed by atoms with Gasteiger partial charge in [0.05, 0.1) is 12.4 Å². The number of imidazole rings is 1. The summed E-state index contributed by atoms with van der Waals surface area (Å²) < 4.78 is 1.64. The fraction of sp³-hybridized carbons (Fsp3) is 0.364. The molecule has 0 bridgehead atoms. The Morgan fingerprint density at radius 1 is 1.26 bits per heavy atom. The summed E-state index contributed by atoms with van der Waals surface area (Å²) in [5.74, 6) is -0.189. The fourth-order valence-corrected chi connectivity index (χ4v) is 2.73. The number of halogens is 2. The molecule has 0 unspecified atom stereocenters. The molecule has 6 nitrogen and oxygen atoms in total. The summed E-state index contributed by atoms with van der Waals surface area (Å²) in [6, 6.07) is -0.415. The molecule has 19 heavy (non-hydrogen) atoms. The van der Waals surface area contributed by atoms with Gasteiger partial charge in [0.2, 0.25) is 5.28 Å². The van der Waals surface area contributed by atoms with Gasteiger partial charge in [-0.2, -0.15) is 4.98 Å². The van der Waals surface area contributed by atoms with E-state index in [1.54, 1.807) is 4.57 Å². The molecule has 1 aliphatic carbocycles. The zero-order valence-electron chi connectivity index (χ0n) is 9.88. The van der Waals surface area contributed by atoms with E-state index in [9.17, 15) is 10.2 Å². The molecule has 2 N–H and O–H groups in total. The van der Waals surface area contributed by atoms with Gasteiger partial charge >= 0.3 is 0 Å². The molecule has 8 heteroatoms. The standard InChI is InChI=1S/C11H10Cl2N4O2/c1-4-2-5(8(19)7(4)18)17-3-14-6-9(12)15-11(13)16-10(6)17/h3-5,18-19H,2H2,1H3/t4-,5+/m0/s1. The van der Waals surface area contributed by atoms with Crippen molar-refractivity contribution in [3.05, 3.63) is 28.3 Å². The quantitative estimate of drug-likeness (QED) is 0.624. The van der Waals surface area contributed by atoms with Crippen LogP contribution in [-0.2, 0) is 0 Å². The Morgan fingerprint density at radius 2 is 2.00 bits per heavy atom. The molecule has 0 aromatic carbocycles. The van der Waals surface area contributed by atoms with Crippen LogP contribution in [0, 0.1) is 5.92 Å². The van der Waals surface area contributed by atoms with Gasteiger partial charge in [0.1, 0.15) is 11.3 Å². The van der Waals surface area contributed by atoms with Crippen LogP contribution in [0.15, 0.2) is 17.8 Å². The number of aliphatic hydroxyl groups excluding tert-OH is 2. The molecular formula is C11H10Cl2N4O2. The number of aromatic nitrogens is 4. The average Bonchev–Trinajstić information content (AvgIpc) is 2.86. The lowest BCUT2D eigenvalue weighted by Gasteiger charge is -2.12. The lowest BCUT2D eigenvalue weighted by Crippen LogP contribution is -2.09. The second-order valence-corrected chi connectivity index (χ2v) is 5.23. The highest BCUT2D eigenvalue weighted by molar-refractivity contribution is 6.35. The Hall–Kier alpha value is -1.53. The van der Waals surface area contributed by atoms with Crippen molar-refractivity contribution in [2.75, 3.05) is 0 Å². The summed E-state index contributed by atoms with van der Waals surface area (Å²) in [5, 5.41) is 19.9. The number of hydrogen-bond donors (Lipinski definition) is 2. The molecule has 0 fully saturated rings. The number of hydrogen-bond acceptors (Lipinski definition) is 5. The normalized spacial score (nSPS) is 23.5. The summed E-state index contributed by atoms with van der Waals surface area (Å²) in [5.41, 5.74) is 0.848. The number of aliphatic hydroxyl groups is 2. The van der Waals surface area contributed by atoms with Gasteiger partial charge in [0.15, 0.2) is 16.6 Å². The molecule has 3 rings (SSSR count). The van der Waals surface area contributed by atoms with Gasteiger partial charge in [-0.3, -0.25) is 0 Å². The maximum Gasteiger partial charge on any atom is 0.225 e. The van der Waals surface area contributed by atoms with Crippen LogP contribution < -0.4 is 0 Å². The van der Waals surface area contributed by atoms with Crippen molar-refractivity contribution in [1.82, 2.24) is 19.5 Å². The van der Waals surface area contributed by atoms with Crippen LogP contribution in [-0.4, -0.2) is 29.7 Å². The first-order valence-electron chi connectivity index (χ1n) is 5.66. The Kier molecular flexibility index (Phi) is 2.79. The summed E-state index contributed by atoms with van der Waals surface area (Å²) >= 11 is 11.7. The van der Waals surface area contributed by atoms with Gasteiger partial charge in [-0.05, 0) is 18.0 Å². The van der Waals surface area contributed by atoms with Crippen LogP contribution in [0.2, 0.25) is 10.4 Å². The van der Waals surface area contributed by atoms with Crippen molar-refractivity contribution in [2.24, 2.45) is 5.92 Å². The Morgan fingerprint density at radius 3 is 2.63 bits per heavy atom. The van der Waals surface area contributed by atoms with Gasteiger partial charge in [0, 0.05) is 5.92 Å². The molecule has 2 heterocycles. The fourth-order valence-electron chi connectivity index (χ4n) is 2.31. The highest BCUT2D eigenvalue weighted by Gasteiger charge is 2.33. The Bertz CT molecular complexity index is 697. The predicted octanol–water partition coefficient (Wildman–Crippen LogP) is 3.04. The molecule has 0 aliphatic heterocycles. The minimum Gasteiger partial charge on any atom is -0.508 e. The third kappa shape index (κ3) is 1.82. The van der Waals surface area contributed by atoms with E-state index in [0.717, 1.165) is 0 Å². The topological polar surface area (TPSA) is 84.1 Å². The zero-order valence-corrected chi connectivity index (χ0v) is 11.4. The summed E-state index contributed by atoms with van der Waals surface area (Å²) in [6.07, 6.45) is 2.07. The molecule has 0 saturated carbocycles. The predicted molar refractivity (Wildman–Crippen MR) is 70.4 cm³/mol. The van der Waals surface area contributed by atoms with Crippen LogP contribution in [0.5, 0.6) is 0 Å². The van der Waals surface area contributed by atoms with Crippen molar-refractivity contribution in [3.63, 3.8) is 0 Å². The first kappa shape index (κ1) is 12.5. The highest BCUT2D eigenvalue weighted by Crippen LogP contribution is 2.38. The number of rotatable bonds is 1. The monoisotopic (exact) mass is 300 g/mol. The third-order valence-electron chi connectivity index (χ3n) is 3.31. The number of allylic oxidation sites excluding steroid dienone is 2. The van der Waals surface area contributed by atoms with Crippen molar-refractivity contribution in [1.29, 1.82) is 0 Å². The van der Waals surface area contributed by atoms with Crippen molar-refractivity contribution >= 4 is 34.4 Å². The lowest BCUT2D eigenvalue weighted by molar-refractivity contribution is 0.297. The lowest BCUT2D eigenvalue weighted by atomic mass is 10.1. The average molecular weight is 301 g/mol. The highest BCUT2D eigenvalue weighted by atomic mass is 35.5. The van der Waals surface area contributed by atoms with Crippen LogP contribution in [0.25, 0.3) is 11.2 Å².